The van der Waals surface area contributed by atoms with Gasteiger partial charge in [-0.2, -0.15) is 0 Å². The lowest BCUT2D eigenvalue weighted by molar-refractivity contribution is 0.107. The SMILES string of the molecule is C=CCn1c(C(=O)Cl)cc2ccccc21. The van der Waals surface area contributed by atoms with Crippen LogP contribution in [0.2, 0.25) is 0 Å². The molecule has 0 fully saturated rings. The molecule has 0 aliphatic heterocycles. The lowest BCUT2D eigenvalue weighted by atomic mass is 10.2. The molecule has 2 aromatic rings. The Morgan fingerprint density at radius 1 is 1.47 bits per heavy atom. The average Bonchev–Trinajstić information content (AvgIpc) is 2.58. The number of carbonyl (C=O) groups excluding carboxylic acids is 1. The van der Waals surface area contributed by atoms with E-state index in [1.807, 2.05) is 28.8 Å². The van der Waals surface area contributed by atoms with Gasteiger partial charge in [-0.1, -0.05) is 24.3 Å². The van der Waals surface area contributed by atoms with Crippen molar-refractivity contribution in [2.75, 3.05) is 0 Å². The topological polar surface area (TPSA) is 22.0 Å². The number of benzene rings is 1. The Bertz CT molecular complexity index is 527. The molecular formula is C12H10ClNO. The van der Waals surface area contributed by atoms with Crippen LogP contribution in [0.3, 0.4) is 0 Å². The number of rotatable bonds is 3. The minimum atomic E-state index is -0.437. The summed E-state index contributed by atoms with van der Waals surface area (Å²) in [4.78, 5) is 11.2. The van der Waals surface area contributed by atoms with E-state index in [4.69, 9.17) is 11.6 Å². The van der Waals surface area contributed by atoms with E-state index in [0.29, 0.717) is 12.2 Å². The lowest BCUT2D eigenvalue weighted by Crippen LogP contribution is -2.03. The number of hydrogen-bond donors (Lipinski definition) is 0. The molecule has 0 spiro atoms. The molecule has 2 rings (SSSR count). The van der Waals surface area contributed by atoms with Crippen LogP contribution in [-0.4, -0.2) is 9.81 Å². The smallest absolute Gasteiger partial charge is 0.268 e. The minimum Gasteiger partial charge on any atom is -0.333 e. The zero-order chi connectivity index (χ0) is 10.8. The summed E-state index contributed by atoms with van der Waals surface area (Å²) in [6, 6.07) is 9.59. The molecule has 15 heavy (non-hydrogen) atoms. The van der Waals surface area contributed by atoms with Gasteiger partial charge in [-0.3, -0.25) is 4.79 Å². The van der Waals surface area contributed by atoms with E-state index in [-0.39, 0.29) is 0 Å². The van der Waals surface area contributed by atoms with Crippen molar-refractivity contribution in [3.05, 3.63) is 48.7 Å². The van der Waals surface area contributed by atoms with Crippen LogP contribution in [0, 0.1) is 0 Å². The first-order valence-corrected chi connectivity index (χ1v) is 5.01. The van der Waals surface area contributed by atoms with Crippen molar-refractivity contribution >= 4 is 27.7 Å². The second kappa shape index (κ2) is 3.91. The third-order valence-electron chi connectivity index (χ3n) is 2.32. The van der Waals surface area contributed by atoms with Gasteiger partial charge in [-0.05, 0) is 23.7 Å². The first-order chi connectivity index (χ1) is 7.24. The van der Waals surface area contributed by atoms with Gasteiger partial charge < -0.3 is 4.57 Å². The molecule has 2 nitrogen and oxygen atoms in total. The number of fused-ring (bicyclic) bond motifs is 1. The molecule has 0 aliphatic rings. The maximum atomic E-state index is 11.2. The van der Waals surface area contributed by atoms with Gasteiger partial charge >= 0.3 is 0 Å². The van der Waals surface area contributed by atoms with Gasteiger partial charge in [-0.25, -0.2) is 0 Å². The fourth-order valence-corrected chi connectivity index (χ4v) is 1.86. The Kier molecular flexibility index (Phi) is 2.60. The highest BCUT2D eigenvalue weighted by atomic mass is 35.5. The van der Waals surface area contributed by atoms with Crippen molar-refractivity contribution < 1.29 is 4.79 Å². The standard InChI is InChI=1S/C12H10ClNO/c1-2-7-14-10-6-4-3-5-9(10)8-11(14)12(13)15/h2-6,8H,1,7H2. The van der Waals surface area contributed by atoms with E-state index in [9.17, 15) is 4.79 Å². The number of hydrogen-bond acceptors (Lipinski definition) is 1. The number of nitrogens with zero attached hydrogens (tertiary/aromatic N) is 1. The van der Waals surface area contributed by atoms with Gasteiger partial charge in [-0.15, -0.1) is 6.58 Å². The van der Waals surface area contributed by atoms with Crippen molar-refractivity contribution in [3.63, 3.8) is 0 Å². The zero-order valence-electron chi connectivity index (χ0n) is 8.11. The molecule has 1 aromatic carbocycles. The highest BCUT2D eigenvalue weighted by Crippen LogP contribution is 2.20. The number of aromatic nitrogens is 1. The first-order valence-electron chi connectivity index (χ1n) is 4.63. The monoisotopic (exact) mass is 219 g/mol. The first kappa shape index (κ1) is 9.99. The minimum absolute atomic E-state index is 0.437. The number of halogens is 1. The van der Waals surface area contributed by atoms with Crippen LogP contribution < -0.4 is 0 Å². The summed E-state index contributed by atoms with van der Waals surface area (Å²) in [7, 11) is 0. The zero-order valence-corrected chi connectivity index (χ0v) is 8.87. The summed E-state index contributed by atoms with van der Waals surface area (Å²) in [5, 5.41) is 0.580. The van der Waals surface area contributed by atoms with Crippen LogP contribution in [0.25, 0.3) is 10.9 Å². The van der Waals surface area contributed by atoms with Crippen molar-refractivity contribution in [3.8, 4) is 0 Å². The van der Waals surface area contributed by atoms with Gasteiger partial charge in [0.25, 0.3) is 5.24 Å². The van der Waals surface area contributed by atoms with Crippen LogP contribution in [0.1, 0.15) is 10.5 Å². The molecular weight excluding hydrogens is 210 g/mol. The molecule has 0 unspecified atom stereocenters. The Hall–Kier alpha value is -1.54. The van der Waals surface area contributed by atoms with Gasteiger partial charge in [0.15, 0.2) is 0 Å². The molecule has 0 radical (unpaired) electrons. The molecule has 76 valence electrons. The van der Waals surface area contributed by atoms with Gasteiger partial charge in [0.1, 0.15) is 5.69 Å². The molecule has 1 heterocycles. The molecule has 1 aromatic heterocycles. The highest BCUT2D eigenvalue weighted by Gasteiger charge is 2.11. The van der Waals surface area contributed by atoms with E-state index in [0.717, 1.165) is 10.9 Å². The molecule has 0 bridgehead atoms. The van der Waals surface area contributed by atoms with E-state index < -0.39 is 5.24 Å². The Labute approximate surface area is 92.8 Å². The van der Waals surface area contributed by atoms with Gasteiger partial charge in [0.2, 0.25) is 0 Å². The van der Waals surface area contributed by atoms with Gasteiger partial charge in [0.05, 0.1) is 0 Å². The summed E-state index contributed by atoms with van der Waals surface area (Å²) in [5.74, 6) is 0. The molecule has 0 atom stereocenters. The molecule has 3 heteroatoms. The molecule has 0 saturated carbocycles. The quantitative estimate of drug-likeness (QED) is 0.574. The predicted octanol–water partition coefficient (Wildman–Crippen LogP) is 3.21. The van der Waals surface area contributed by atoms with Crippen LogP contribution in [-0.2, 0) is 6.54 Å². The maximum absolute atomic E-state index is 11.2. The molecule has 0 amide bonds. The summed E-state index contributed by atoms with van der Waals surface area (Å²) >= 11 is 5.52. The Balaban J connectivity index is 2.73. The van der Waals surface area contributed by atoms with Crippen molar-refractivity contribution in [2.45, 2.75) is 6.54 Å². The van der Waals surface area contributed by atoms with Crippen LogP contribution >= 0.6 is 11.6 Å². The van der Waals surface area contributed by atoms with E-state index in [1.165, 1.54) is 0 Å². The van der Waals surface area contributed by atoms with Crippen molar-refractivity contribution in [1.29, 1.82) is 0 Å². The largest absolute Gasteiger partial charge is 0.333 e. The number of para-hydroxylation sites is 1. The Morgan fingerprint density at radius 2 is 2.20 bits per heavy atom. The van der Waals surface area contributed by atoms with Gasteiger partial charge in [0, 0.05) is 17.4 Å². The van der Waals surface area contributed by atoms with Crippen LogP contribution in [0.5, 0.6) is 0 Å². The second-order valence-electron chi connectivity index (χ2n) is 3.26. The fourth-order valence-electron chi connectivity index (χ4n) is 1.70. The van der Waals surface area contributed by atoms with E-state index >= 15 is 0 Å². The summed E-state index contributed by atoms with van der Waals surface area (Å²) in [5.41, 5.74) is 1.51. The number of carbonyl (C=O) groups is 1. The summed E-state index contributed by atoms with van der Waals surface area (Å²) in [6.07, 6.45) is 1.75. The van der Waals surface area contributed by atoms with Crippen LogP contribution in [0.4, 0.5) is 0 Å². The molecule has 0 saturated heterocycles. The van der Waals surface area contributed by atoms with E-state index in [1.54, 1.807) is 12.1 Å². The predicted molar refractivity (Wildman–Crippen MR) is 62.3 cm³/mol. The maximum Gasteiger partial charge on any atom is 0.268 e. The summed E-state index contributed by atoms with van der Waals surface area (Å²) in [6.45, 7) is 4.25. The highest BCUT2D eigenvalue weighted by molar-refractivity contribution is 6.67. The van der Waals surface area contributed by atoms with Crippen molar-refractivity contribution in [1.82, 2.24) is 4.57 Å². The number of allylic oxidation sites excluding steroid dienone is 1. The third-order valence-corrected chi connectivity index (χ3v) is 2.52. The second-order valence-corrected chi connectivity index (χ2v) is 3.60. The normalized spacial score (nSPS) is 10.5. The molecule has 0 N–H and O–H groups in total. The summed E-state index contributed by atoms with van der Waals surface area (Å²) < 4.78 is 1.86. The fraction of sp³-hybridized carbons (Fsp3) is 0.0833. The third kappa shape index (κ3) is 1.68. The molecule has 0 aliphatic carbocycles. The van der Waals surface area contributed by atoms with Crippen molar-refractivity contribution in [2.24, 2.45) is 0 Å². The Morgan fingerprint density at radius 3 is 2.87 bits per heavy atom. The average molecular weight is 220 g/mol. The lowest BCUT2D eigenvalue weighted by Gasteiger charge is -2.03. The van der Waals surface area contributed by atoms with Crippen LogP contribution in [0.15, 0.2) is 43.0 Å². The van der Waals surface area contributed by atoms with E-state index in [2.05, 4.69) is 6.58 Å².